The second-order valence-corrected chi connectivity index (χ2v) is 3.92. The minimum atomic E-state index is -0.0138. The number of benzene rings is 2. The van der Waals surface area contributed by atoms with Crippen LogP contribution in [-0.2, 0) is 0 Å². The maximum absolute atomic E-state index is 12.2. The largest absolute Gasteiger partial charge is 0.407 e. The van der Waals surface area contributed by atoms with Crippen LogP contribution in [0.5, 0.6) is 5.75 Å². The third kappa shape index (κ3) is 3.51. The predicted molar refractivity (Wildman–Crippen MR) is 78.2 cm³/mol. The smallest absolute Gasteiger partial charge is 0.193 e. The highest BCUT2D eigenvalue weighted by molar-refractivity contribution is 6.08. The van der Waals surface area contributed by atoms with E-state index in [0.717, 1.165) is 0 Å². The lowest BCUT2D eigenvalue weighted by atomic mass is 10.0. The molecule has 2 nitrogen and oxygen atoms in total. The van der Waals surface area contributed by atoms with E-state index in [-0.39, 0.29) is 5.78 Å². The molecule has 0 saturated carbocycles. The molecule has 0 radical (unpaired) electrons. The number of carbonyl (C=O) groups excluding carboxylic acids is 1. The molecule has 0 aliphatic carbocycles. The molecule has 0 aliphatic heterocycles. The topological polar surface area (TPSA) is 26.3 Å². The van der Waals surface area contributed by atoms with Gasteiger partial charge in [-0.1, -0.05) is 36.3 Å². The van der Waals surface area contributed by atoms with Crippen molar-refractivity contribution in [2.24, 2.45) is 0 Å². The third-order valence-electron chi connectivity index (χ3n) is 2.56. The zero-order valence-corrected chi connectivity index (χ0v) is 11.0. The summed E-state index contributed by atoms with van der Waals surface area (Å²) in [4.78, 5) is 12.2. The molecule has 0 aliphatic rings. The minimum Gasteiger partial charge on any atom is -0.407 e. The Labute approximate surface area is 118 Å². The van der Waals surface area contributed by atoms with Gasteiger partial charge in [-0.3, -0.25) is 4.79 Å². The SMILES string of the molecule is CC#CC#COc1ccc(C(=O)c2ccccc2)cc1. The van der Waals surface area contributed by atoms with E-state index in [0.29, 0.717) is 16.9 Å². The Morgan fingerprint density at radius 3 is 2.20 bits per heavy atom. The van der Waals surface area contributed by atoms with E-state index >= 15 is 0 Å². The van der Waals surface area contributed by atoms with Crippen molar-refractivity contribution in [3.8, 4) is 29.6 Å². The maximum atomic E-state index is 12.2. The molecule has 0 unspecified atom stereocenters. The normalized spacial score (nSPS) is 8.65. The number of hydrogen-bond acceptors (Lipinski definition) is 2. The van der Waals surface area contributed by atoms with Gasteiger partial charge in [-0.05, 0) is 37.1 Å². The first-order chi connectivity index (χ1) is 9.81. The predicted octanol–water partition coefficient (Wildman–Crippen LogP) is 3.28. The van der Waals surface area contributed by atoms with Crippen LogP contribution in [-0.4, -0.2) is 5.78 Å². The van der Waals surface area contributed by atoms with Gasteiger partial charge in [-0.25, -0.2) is 0 Å². The van der Waals surface area contributed by atoms with E-state index in [1.807, 2.05) is 18.2 Å². The van der Waals surface area contributed by atoms with Crippen LogP contribution in [0.3, 0.4) is 0 Å². The summed E-state index contributed by atoms with van der Waals surface area (Å²) >= 11 is 0. The number of ether oxygens (including phenoxy) is 1. The van der Waals surface area contributed by atoms with Crippen molar-refractivity contribution in [3.05, 3.63) is 65.7 Å². The molecule has 0 fully saturated rings. The van der Waals surface area contributed by atoms with Crippen molar-refractivity contribution >= 4 is 5.78 Å². The van der Waals surface area contributed by atoms with E-state index < -0.39 is 0 Å². The van der Waals surface area contributed by atoms with E-state index in [9.17, 15) is 4.79 Å². The average molecular weight is 260 g/mol. The summed E-state index contributed by atoms with van der Waals surface area (Å²) in [7, 11) is 0. The standard InChI is InChI=1S/C18H12O2/c1-2-3-7-14-20-17-12-10-16(11-13-17)18(19)15-8-5-4-6-9-15/h4-6,8-13H,1H3. The Hall–Kier alpha value is -2.97. The molecule has 20 heavy (non-hydrogen) atoms. The van der Waals surface area contributed by atoms with Gasteiger partial charge >= 0.3 is 0 Å². The van der Waals surface area contributed by atoms with E-state index in [2.05, 4.69) is 23.9 Å². The van der Waals surface area contributed by atoms with Gasteiger partial charge in [0, 0.05) is 17.0 Å². The van der Waals surface area contributed by atoms with Gasteiger partial charge in [0.05, 0.1) is 0 Å². The summed E-state index contributed by atoms with van der Waals surface area (Å²) in [6, 6.07) is 16.0. The second kappa shape index (κ2) is 6.83. The van der Waals surface area contributed by atoms with Crippen LogP contribution in [0.25, 0.3) is 0 Å². The van der Waals surface area contributed by atoms with Gasteiger partial charge in [-0.2, -0.15) is 0 Å². The molecule has 0 N–H and O–H groups in total. The molecule has 2 aromatic carbocycles. The highest BCUT2D eigenvalue weighted by atomic mass is 16.5. The molecule has 96 valence electrons. The number of rotatable bonds is 3. The minimum absolute atomic E-state index is 0.0138. The fourth-order valence-electron chi connectivity index (χ4n) is 1.60. The molecule has 0 heterocycles. The zero-order chi connectivity index (χ0) is 14.2. The highest BCUT2D eigenvalue weighted by Gasteiger charge is 2.07. The van der Waals surface area contributed by atoms with Gasteiger partial charge in [0.1, 0.15) is 11.9 Å². The fourth-order valence-corrected chi connectivity index (χ4v) is 1.60. The van der Waals surface area contributed by atoms with Crippen LogP contribution in [0.1, 0.15) is 22.8 Å². The van der Waals surface area contributed by atoms with Gasteiger partial charge in [0.2, 0.25) is 0 Å². The van der Waals surface area contributed by atoms with Gasteiger partial charge in [-0.15, -0.1) is 0 Å². The molecule has 2 rings (SSSR count). The molecule has 0 amide bonds. The Kier molecular flexibility index (Phi) is 4.60. The summed E-state index contributed by atoms with van der Waals surface area (Å²) in [5, 5.41) is 0. The monoisotopic (exact) mass is 260 g/mol. The van der Waals surface area contributed by atoms with Crippen molar-refractivity contribution < 1.29 is 9.53 Å². The first kappa shape index (κ1) is 13.5. The summed E-state index contributed by atoms with van der Waals surface area (Å²) in [5.74, 6) is 8.34. The highest BCUT2D eigenvalue weighted by Crippen LogP contribution is 2.15. The molecule has 2 heteroatoms. The van der Waals surface area contributed by atoms with Crippen molar-refractivity contribution in [2.75, 3.05) is 0 Å². The molecular weight excluding hydrogens is 248 g/mol. The fraction of sp³-hybridized carbons (Fsp3) is 0.0556. The zero-order valence-electron chi connectivity index (χ0n) is 11.0. The number of ketones is 1. The summed E-state index contributed by atoms with van der Waals surface area (Å²) in [6.45, 7) is 1.71. The number of carbonyl (C=O) groups is 1. The Balaban J connectivity index is 2.10. The lowest BCUT2D eigenvalue weighted by molar-refractivity contribution is 0.103. The molecule has 0 bridgehead atoms. The molecular formula is C18H12O2. The van der Waals surface area contributed by atoms with E-state index in [1.165, 1.54) is 0 Å². The lowest BCUT2D eigenvalue weighted by Gasteiger charge is -2.02. The van der Waals surface area contributed by atoms with E-state index in [1.54, 1.807) is 43.3 Å². The number of hydrogen-bond donors (Lipinski definition) is 0. The first-order valence-electron chi connectivity index (χ1n) is 6.09. The summed E-state index contributed by atoms with van der Waals surface area (Å²) in [5.41, 5.74) is 1.28. The Bertz CT molecular complexity index is 705. The van der Waals surface area contributed by atoms with Crippen molar-refractivity contribution in [1.82, 2.24) is 0 Å². The molecule has 0 spiro atoms. The van der Waals surface area contributed by atoms with Gasteiger partial charge in [0.15, 0.2) is 5.78 Å². The van der Waals surface area contributed by atoms with Crippen LogP contribution < -0.4 is 4.74 Å². The first-order valence-corrected chi connectivity index (χ1v) is 6.09. The maximum Gasteiger partial charge on any atom is 0.193 e. The summed E-state index contributed by atoms with van der Waals surface area (Å²) in [6.07, 6.45) is 2.47. The van der Waals surface area contributed by atoms with Crippen LogP contribution in [0, 0.1) is 23.9 Å². The third-order valence-corrected chi connectivity index (χ3v) is 2.56. The summed E-state index contributed by atoms with van der Waals surface area (Å²) < 4.78 is 5.17. The van der Waals surface area contributed by atoms with Crippen molar-refractivity contribution in [1.29, 1.82) is 0 Å². The molecule has 2 aromatic rings. The molecule has 0 aromatic heterocycles. The Morgan fingerprint density at radius 1 is 0.900 bits per heavy atom. The Morgan fingerprint density at radius 2 is 1.55 bits per heavy atom. The quantitative estimate of drug-likeness (QED) is 0.625. The van der Waals surface area contributed by atoms with E-state index in [4.69, 9.17) is 4.74 Å². The molecule has 0 saturated heterocycles. The lowest BCUT2D eigenvalue weighted by Crippen LogP contribution is -2.00. The van der Waals surface area contributed by atoms with Crippen molar-refractivity contribution in [2.45, 2.75) is 6.92 Å². The van der Waals surface area contributed by atoms with Crippen LogP contribution in [0.4, 0.5) is 0 Å². The molecule has 0 atom stereocenters. The van der Waals surface area contributed by atoms with Gasteiger partial charge in [0.25, 0.3) is 0 Å². The van der Waals surface area contributed by atoms with Crippen LogP contribution >= 0.6 is 0 Å². The van der Waals surface area contributed by atoms with Gasteiger partial charge < -0.3 is 4.74 Å². The second-order valence-electron chi connectivity index (χ2n) is 3.92. The van der Waals surface area contributed by atoms with Crippen LogP contribution in [0.15, 0.2) is 54.6 Å². The van der Waals surface area contributed by atoms with Crippen molar-refractivity contribution in [3.63, 3.8) is 0 Å². The van der Waals surface area contributed by atoms with Crippen LogP contribution in [0.2, 0.25) is 0 Å². The average Bonchev–Trinajstić information content (AvgIpc) is 2.52.